The molecule has 0 aliphatic carbocycles. The molecule has 0 saturated carbocycles. The van der Waals surface area contributed by atoms with E-state index in [1.54, 1.807) is 36.4 Å². The van der Waals surface area contributed by atoms with E-state index in [0.717, 1.165) is 11.1 Å². The second kappa shape index (κ2) is 9.04. The number of rotatable bonds is 6. The van der Waals surface area contributed by atoms with Crippen molar-refractivity contribution < 1.29 is 14.3 Å². The highest BCUT2D eigenvalue weighted by molar-refractivity contribution is 6.06. The topological polar surface area (TPSA) is 91.2 Å². The highest BCUT2D eigenvalue weighted by atomic mass is 16.5. The third-order valence-electron chi connectivity index (χ3n) is 3.60. The standard InChI is InChI=1S/C20H19N3O3/c1-14-3-9-18(10-4-14)23-19(24)17(11-21)13-22-12-15-5-7-16(8-6-15)20(25)26-2/h3-10,13,22H,12H2,1-2H3,(H,23,24)/b17-13-. The minimum atomic E-state index is -0.482. The molecule has 0 heterocycles. The van der Waals surface area contributed by atoms with Crippen LogP contribution in [0.5, 0.6) is 0 Å². The Kier molecular flexibility index (Phi) is 6.52. The van der Waals surface area contributed by atoms with E-state index in [4.69, 9.17) is 5.26 Å². The first-order valence-corrected chi connectivity index (χ1v) is 7.92. The number of hydrogen-bond donors (Lipinski definition) is 2. The van der Waals surface area contributed by atoms with Crippen LogP contribution in [0.1, 0.15) is 21.5 Å². The number of hydrogen-bond acceptors (Lipinski definition) is 5. The van der Waals surface area contributed by atoms with Gasteiger partial charge in [-0.25, -0.2) is 4.79 Å². The van der Waals surface area contributed by atoms with Crippen molar-refractivity contribution in [3.8, 4) is 6.07 Å². The van der Waals surface area contributed by atoms with Gasteiger partial charge in [0.2, 0.25) is 0 Å². The number of nitriles is 1. The third kappa shape index (κ3) is 5.21. The van der Waals surface area contributed by atoms with Gasteiger partial charge in [0.05, 0.1) is 12.7 Å². The van der Waals surface area contributed by atoms with Crippen LogP contribution in [0.25, 0.3) is 0 Å². The maximum Gasteiger partial charge on any atom is 0.337 e. The number of carbonyl (C=O) groups is 2. The van der Waals surface area contributed by atoms with Gasteiger partial charge in [-0.1, -0.05) is 29.8 Å². The zero-order chi connectivity index (χ0) is 18.9. The Labute approximate surface area is 152 Å². The number of aryl methyl sites for hydroxylation is 1. The van der Waals surface area contributed by atoms with Gasteiger partial charge in [-0.05, 0) is 36.8 Å². The smallest absolute Gasteiger partial charge is 0.337 e. The summed E-state index contributed by atoms with van der Waals surface area (Å²) in [7, 11) is 1.33. The Balaban J connectivity index is 1.94. The molecule has 2 aromatic rings. The van der Waals surface area contributed by atoms with Crippen molar-refractivity contribution >= 4 is 17.6 Å². The molecule has 1 amide bonds. The molecule has 2 N–H and O–H groups in total. The normalized spacial score (nSPS) is 10.6. The second-order valence-corrected chi connectivity index (χ2v) is 5.56. The fourth-order valence-electron chi connectivity index (χ4n) is 2.13. The Hall–Kier alpha value is -3.59. The van der Waals surface area contributed by atoms with E-state index >= 15 is 0 Å². The fraction of sp³-hybridized carbons (Fsp3) is 0.150. The van der Waals surface area contributed by atoms with Gasteiger partial charge in [0.15, 0.2) is 0 Å². The van der Waals surface area contributed by atoms with E-state index < -0.39 is 11.9 Å². The molecule has 6 heteroatoms. The molecule has 26 heavy (non-hydrogen) atoms. The lowest BCUT2D eigenvalue weighted by Gasteiger charge is -2.06. The van der Waals surface area contributed by atoms with Gasteiger partial charge in [0.1, 0.15) is 11.6 Å². The Bertz CT molecular complexity index is 847. The van der Waals surface area contributed by atoms with E-state index in [-0.39, 0.29) is 5.57 Å². The molecular formula is C20H19N3O3. The summed E-state index contributed by atoms with van der Waals surface area (Å²) < 4.78 is 4.64. The summed E-state index contributed by atoms with van der Waals surface area (Å²) in [6.45, 7) is 2.36. The van der Waals surface area contributed by atoms with Crippen LogP contribution in [0.4, 0.5) is 5.69 Å². The van der Waals surface area contributed by atoms with E-state index in [2.05, 4.69) is 15.4 Å². The van der Waals surface area contributed by atoms with Crippen molar-refractivity contribution in [2.75, 3.05) is 12.4 Å². The van der Waals surface area contributed by atoms with Crippen LogP contribution in [0.15, 0.2) is 60.3 Å². The molecule has 0 saturated heterocycles. The Morgan fingerprint density at radius 1 is 1.12 bits per heavy atom. The fourth-order valence-corrected chi connectivity index (χ4v) is 2.13. The molecule has 132 valence electrons. The lowest BCUT2D eigenvalue weighted by Crippen LogP contribution is -2.16. The number of benzene rings is 2. The largest absolute Gasteiger partial charge is 0.465 e. The lowest BCUT2D eigenvalue weighted by molar-refractivity contribution is -0.112. The molecular weight excluding hydrogens is 330 g/mol. The lowest BCUT2D eigenvalue weighted by atomic mass is 10.1. The highest BCUT2D eigenvalue weighted by Gasteiger charge is 2.09. The molecule has 2 aromatic carbocycles. The van der Waals surface area contributed by atoms with Gasteiger partial charge in [0, 0.05) is 18.4 Å². The number of carbonyl (C=O) groups excluding carboxylic acids is 2. The number of anilines is 1. The summed E-state index contributed by atoms with van der Waals surface area (Å²) in [5, 5.41) is 14.8. The number of methoxy groups -OCH3 is 1. The van der Waals surface area contributed by atoms with E-state index in [9.17, 15) is 9.59 Å². The summed E-state index contributed by atoms with van der Waals surface area (Å²) in [5.74, 6) is -0.881. The van der Waals surface area contributed by atoms with Crippen molar-refractivity contribution in [3.05, 3.63) is 77.0 Å². The quantitative estimate of drug-likeness (QED) is 0.475. The van der Waals surface area contributed by atoms with E-state index in [0.29, 0.717) is 17.8 Å². The SMILES string of the molecule is COC(=O)c1ccc(CN/C=C(/C#N)C(=O)Nc2ccc(C)cc2)cc1. The summed E-state index contributed by atoms with van der Waals surface area (Å²) in [6, 6.07) is 16.0. The predicted molar refractivity (Wildman–Crippen MR) is 98.1 cm³/mol. The molecule has 0 unspecified atom stereocenters. The van der Waals surface area contributed by atoms with Crippen molar-refractivity contribution in [2.24, 2.45) is 0 Å². The molecule has 0 radical (unpaired) electrons. The average molecular weight is 349 g/mol. The first-order valence-electron chi connectivity index (χ1n) is 7.92. The van der Waals surface area contributed by atoms with Crippen molar-refractivity contribution in [2.45, 2.75) is 13.5 Å². The van der Waals surface area contributed by atoms with Crippen LogP contribution < -0.4 is 10.6 Å². The minimum Gasteiger partial charge on any atom is -0.465 e. The Morgan fingerprint density at radius 2 is 1.77 bits per heavy atom. The van der Waals surface area contributed by atoms with Crippen LogP contribution in [-0.4, -0.2) is 19.0 Å². The first-order chi connectivity index (χ1) is 12.5. The highest BCUT2D eigenvalue weighted by Crippen LogP contribution is 2.10. The molecule has 6 nitrogen and oxygen atoms in total. The number of esters is 1. The summed E-state index contributed by atoms with van der Waals surface area (Å²) in [4.78, 5) is 23.5. The number of ether oxygens (including phenoxy) is 1. The van der Waals surface area contributed by atoms with Gasteiger partial charge < -0.3 is 15.4 Å². The molecule has 2 rings (SSSR count). The van der Waals surface area contributed by atoms with E-state index in [1.807, 2.05) is 25.1 Å². The van der Waals surface area contributed by atoms with Crippen LogP contribution in [0, 0.1) is 18.3 Å². The van der Waals surface area contributed by atoms with Crippen molar-refractivity contribution in [3.63, 3.8) is 0 Å². The zero-order valence-electron chi connectivity index (χ0n) is 14.6. The third-order valence-corrected chi connectivity index (χ3v) is 3.60. The average Bonchev–Trinajstić information content (AvgIpc) is 2.66. The summed E-state index contributed by atoms with van der Waals surface area (Å²) in [6.07, 6.45) is 1.37. The Morgan fingerprint density at radius 3 is 2.35 bits per heavy atom. The van der Waals surface area contributed by atoms with Gasteiger partial charge in [0.25, 0.3) is 5.91 Å². The first kappa shape index (κ1) is 18.7. The molecule has 0 atom stereocenters. The monoisotopic (exact) mass is 349 g/mol. The minimum absolute atomic E-state index is 0.0308. The summed E-state index contributed by atoms with van der Waals surface area (Å²) >= 11 is 0. The van der Waals surface area contributed by atoms with Crippen LogP contribution >= 0.6 is 0 Å². The van der Waals surface area contributed by atoms with Gasteiger partial charge >= 0.3 is 5.97 Å². The van der Waals surface area contributed by atoms with Crippen LogP contribution in [0.3, 0.4) is 0 Å². The van der Waals surface area contributed by atoms with Gasteiger partial charge in [-0.15, -0.1) is 0 Å². The second-order valence-electron chi connectivity index (χ2n) is 5.56. The molecule has 0 aliphatic heterocycles. The van der Waals surface area contributed by atoms with Crippen LogP contribution in [-0.2, 0) is 16.1 Å². The number of nitrogens with zero attached hydrogens (tertiary/aromatic N) is 1. The van der Waals surface area contributed by atoms with Crippen molar-refractivity contribution in [1.82, 2.24) is 5.32 Å². The van der Waals surface area contributed by atoms with Gasteiger partial charge in [-0.3, -0.25) is 4.79 Å². The zero-order valence-corrected chi connectivity index (χ0v) is 14.6. The molecule has 0 bridgehead atoms. The predicted octanol–water partition coefficient (Wildman–Crippen LogP) is 2.92. The van der Waals surface area contributed by atoms with Crippen molar-refractivity contribution in [1.29, 1.82) is 5.26 Å². The molecule has 0 spiro atoms. The summed E-state index contributed by atoms with van der Waals surface area (Å²) in [5.41, 5.74) is 3.03. The number of nitrogens with one attached hydrogen (secondary N) is 2. The van der Waals surface area contributed by atoms with Gasteiger partial charge in [-0.2, -0.15) is 5.26 Å². The maximum atomic E-state index is 12.1. The molecule has 0 aromatic heterocycles. The molecule has 0 fully saturated rings. The molecule has 0 aliphatic rings. The van der Waals surface area contributed by atoms with Crippen LogP contribution in [0.2, 0.25) is 0 Å². The number of amides is 1. The van der Waals surface area contributed by atoms with E-state index in [1.165, 1.54) is 13.3 Å². The maximum absolute atomic E-state index is 12.1.